The molecular formula is C21H34N4O2. The SMILES string of the molecule is CN1CCN(Cc2ccc(N3CCN(C(=O)OC(C)(C)C)CC3)cc2)CC1. The van der Waals surface area contributed by atoms with Gasteiger partial charge in [-0.25, -0.2) is 4.79 Å². The van der Waals surface area contributed by atoms with Crippen molar-refractivity contribution in [3.8, 4) is 0 Å². The minimum absolute atomic E-state index is 0.204. The van der Waals surface area contributed by atoms with Crippen molar-refractivity contribution in [1.29, 1.82) is 0 Å². The van der Waals surface area contributed by atoms with Crippen molar-refractivity contribution >= 4 is 11.8 Å². The number of hydrogen-bond acceptors (Lipinski definition) is 5. The van der Waals surface area contributed by atoms with Crippen LogP contribution in [0.3, 0.4) is 0 Å². The van der Waals surface area contributed by atoms with E-state index in [1.54, 1.807) is 0 Å². The highest BCUT2D eigenvalue weighted by atomic mass is 16.6. The topological polar surface area (TPSA) is 39.3 Å². The van der Waals surface area contributed by atoms with Gasteiger partial charge >= 0.3 is 6.09 Å². The predicted octanol–water partition coefficient (Wildman–Crippen LogP) is 2.49. The maximum absolute atomic E-state index is 12.2. The lowest BCUT2D eigenvalue weighted by atomic mass is 10.1. The molecule has 3 rings (SSSR count). The summed E-state index contributed by atoms with van der Waals surface area (Å²) >= 11 is 0. The predicted molar refractivity (Wildman–Crippen MR) is 109 cm³/mol. The molecule has 0 aliphatic carbocycles. The maximum atomic E-state index is 12.2. The Kier molecular flexibility index (Phi) is 6.27. The summed E-state index contributed by atoms with van der Waals surface area (Å²) in [5.74, 6) is 0. The Labute approximate surface area is 163 Å². The van der Waals surface area contributed by atoms with Crippen LogP contribution in [0.2, 0.25) is 0 Å². The molecule has 150 valence electrons. The van der Waals surface area contributed by atoms with Crippen LogP contribution in [0.4, 0.5) is 10.5 Å². The monoisotopic (exact) mass is 374 g/mol. The van der Waals surface area contributed by atoms with Gasteiger partial charge in [0.2, 0.25) is 0 Å². The van der Waals surface area contributed by atoms with Gasteiger partial charge in [-0.1, -0.05) is 12.1 Å². The third kappa shape index (κ3) is 5.84. The summed E-state index contributed by atoms with van der Waals surface area (Å²) < 4.78 is 5.47. The third-order valence-electron chi connectivity index (χ3n) is 5.23. The summed E-state index contributed by atoms with van der Waals surface area (Å²) in [6.07, 6.45) is -0.204. The number of piperazine rings is 2. The number of rotatable bonds is 3. The highest BCUT2D eigenvalue weighted by molar-refractivity contribution is 5.68. The van der Waals surface area contributed by atoms with Crippen molar-refractivity contribution in [1.82, 2.24) is 14.7 Å². The van der Waals surface area contributed by atoms with Gasteiger partial charge in [-0.15, -0.1) is 0 Å². The fourth-order valence-corrected chi connectivity index (χ4v) is 3.55. The lowest BCUT2D eigenvalue weighted by molar-refractivity contribution is 0.0240. The van der Waals surface area contributed by atoms with Crippen LogP contribution in [-0.4, -0.2) is 85.8 Å². The van der Waals surface area contributed by atoms with Gasteiger partial charge in [0.25, 0.3) is 0 Å². The number of amides is 1. The molecule has 27 heavy (non-hydrogen) atoms. The molecule has 2 heterocycles. The minimum Gasteiger partial charge on any atom is -0.444 e. The van der Waals surface area contributed by atoms with E-state index in [1.165, 1.54) is 11.3 Å². The zero-order chi connectivity index (χ0) is 19.4. The fourth-order valence-electron chi connectivity index (χ4n) is 3.55. The van der Waals surface area contributed by atoms with Gasteiger partial charge in [-0.05, 0) is 45.5 Å². The minimum atomic E-state index is -0.437. The Morgan fingerprint density at radius 2 is 1.52 bits per heavy atom. The number of anilines is 1. The van der Waals surface area contributed by atoms with Crippen LogP contribution in [0.1, 0.15) is 26.3 Å². The van der Waals surface area contributed by atoms with Gasteiger partial charge in [-0.3, -0.25) is 4.90 Å². The molecule has 1 aromatic carbocycles. The molecule has 2 fully saturated rings. The number of benzene rings is 1. The van der Waals surface area contributed by atoms with Crippen molar-refractivity contribution in [3.05, 3.63) is 29.8 Å². The molecule has 0 aromatic heterocycles. The van der Waals surface area contributed by atoms with Crippen LogP contribution in [0.5, 0.6) is 0 Å². The number of nitrogens with zero attached hydrogens (tertiary/aromatic N) is 4. The summed E-state index contributed by atoms with van der Waals surface area (Å²) in [7, 11) is 2.19. The lowest BCUT2D eigenvalue weighted by Gasteiger charge is -2.37. The highest BCUT2D eigenvalue weighted by Crippen LogP contribution is 2.19. The summed E-state index contributed by atoms with van der Waals surface area (Å²) in [5.41, 5.74) is 2.17. The summed E-state index contributed by atoms with van der Waals surface area (Å²) in [6.45, 7) is 14.4. The number of ether oxygens (including phenoxy) is 1. The molecule has 2 aliphatic rings. The van der Waals surface area contributed by atoms with Crippen molar-refractivity contribution in [2.45, 2.75) is 32.9 Å². The number of hydrogen-bond donors (Lipinski definition) is 0. The fraction of sp³-hybridized carbons (Fsp3) is 0.667. The standard InChI is InChI=1S/C21H34N4O2/c1-21(2,3)27-20(26)25-15-13-24(14-16-25)19-7-5-18(6-8-19)17-23-11-9-22(4)10-12-23/h5-8H,9-17H2,1-4H3. The summed E-state index contributed by atoms with van der Waals surface area (Å²) in [6, 6.07) is 8.92. The third-order valence-corrected chi connectivity index (χ3v) is 5.23. The quantitative estimate of drug-likeness (QED) is 0.813. The van der Waals surface area contributed by atoms with Crippen LogP contribution in [0, 0.1) is 0 Å². The molecule has 1 aromatic rings. The van der Waals surface area contributed by atoms with E-state index >= 15 is 0 Å². The Morgan fingerprint density at radius 3 is 2.07 bits per heavy atom. The van der Waals surface area contributed by atoms with E-state index in [-0.39, 0.29) is 6.09 Å². The first-order chi connectivity index (χ1) is 12.8. The normalized spacial score (nSPS) is 20.0. The molecule has 0 spiro atoms. The van der Waals surface area contributed by atoms with Gasteiger partial charge in [0, 0.05) is 64.6 Å². The second-order valence-corrected chi connectivity index (χ2v) is 8.70. The first kappa shape index (κ1) is 20.0. The first-order valence-electron chi connectivity index (χ1n) is 10.0. The van der Waals surface area contributed by atoms with Crippen LogP contribution in [0.15, 0.2) is 24.3 Å². The van der Waals surface area contributed by atoms with Crippen LogP contribution < -0.4 is 4.90 Å². The van der Waals surface area contributed by atoms with Crippen molar-refractivity contribution in [2.24, 2.45) is 0 Å². The average Bonchev–Trinajstić information content (AvgIpc) is 2.63. The molecular weight excluding hydrogens is 340 g/mol. The van der Waals surface area contributed by atoms with Gasteiger partial charge < -0.3 is 19.4 Å². The Hall–Kier alpha value is -1.79. The van der Waals surface area contributed by atoms with Gasteiger partial charge in [-0.2, -0.15) is 0 Å². The molecule has 0 N–H and O–H groups in total. The maximum Gasteiger partial charge on any atom is 0.410 e. The molecule has 0 saturated carbocycles. The van der Waals surface area contributed by atoms with Crippen LogP contribution >= 0.6 is 0 Å². The molecule has 6 heteroatoms. The van der Waals surface area contributed by atoms with Gasteiger partial charge in [0.15, 0.2) is 0 Å². The molecule has 0 atom stereocenters. The van der Waals surface area contributed by atoms with Gasteiger partial charge in [0.05, 0.1) is 0 Å². The van der Waals surface area contributed by atoms with E-state index in [2.05, 4.69) is 46.0 Å². The van der Waals surface area contributed by atoms with E-state index in [4.69, 9.17) is 4.74 Å². The van der Waals surface area contributed by atoms with Crippen molar-refractivity contribution < 1.29 is 9.53 Å². The second-order valence-electron chi connectivity index (χ2n) is 8.70. The molecule has 2 saturated heterocycles. The Bertz CT molecular complexity index is 610. The molecule has 0 unspecified atom stereocenters. The lowest BCUT2D eigenvalue weighted by Crippen LogP contribution is -2.50. The van der Waals surface area contributed by atoms with E-state index < -0.39 is 5.60 Å². The molecule has 0 radical (unpaired) electrons. The molecule has 2 aliphatic heterocycles. The summed E-state index contributed by atoms with van der Waals surface area (Å²) in [5, 5.41) is 0. The Balaban J connectivity index is 1.48. The second kappa shape index (κ2) is 8.48. The average molecular weight is 375 g/mol. The van der Waals surface area contributed by atoms with Crippen LogP contribution in [-0.2, 0) is 11.3 Å². The molecule has 0 bridgehead atoms. The summed E-state index contributed by atoms with van der Waals surface area (Å²) in [4.78, 5) is 21.3. The molecule has 1 amide bonds. The van der Waals surface area contributed by atoms with Crippen LogP contribution in [0.25, 0.3) is 0 Å². The van der Waals surface area contributed by atoms with Gasteiger partial charge in [0.1, 0.15) is 5.60 Å². The smallest absolute Gasteiger partial charge is 0.410 e. The zero-order valence-corrected chi connectivity index (χ0v) is 17.3. The largest absolute Gasteiger partial charge is 0.444 e. The van der Waals surface area contributed by atoms with E-state index in [1.807, 2.05) is 25.7 Å². The molecule has 6 nitrogen and oxygen atoms in total. The highest BCUT2D eigenvalue weighted by Gasteiger charge is 2.26. The van der Waals surface area contributed by atoms with Crippen molar-refractivity contribution in [2.75, 3.05) is 64.3 Å². The number of likely N-dealkylation sites (N-methyl/N-ethyl adjacent to an activating group) is 1. The van der Waals surface area contributed by atoms with E-state index in [9.17, 15) is 4.79 Å². The Morgan fingerprint density at radius 1 is 0.926 bits per heavy atom. The van der Waals surface area contributed by atoms with E-state index in [0.717, 1.165) is 45.8 Å². The number of carbonyl (C=O) groups excluding carboxylic acids is 1. The first-order valence-corrected chi connectivity index (χ1v) is 10.0. The number of carbonyl (C=O) groups is 1. The zero-order valence-electron chi connectivity index (χ0n) is 17.3. The van der Waals surface area contributed by atoms with E-state index in [0.29, 0.717) is 13.1 Å². The van der Waals surface area contributed by atoms with Crippen molar-refractivity contribution in [3.63, 3.8) is 0 Å².